The van der Waals surface area contributed by atoms with Gasteiger partial charge in [0.1, 0.15) is 0 Å². The summed E-state index contributed by atoms with van der Waals surface area (Å²) in [4.78, 5) is 11.0. The van der Waals surface area contributed by atoms with E-state index in [1.165, 1.54) is 0 Å². The molecule has 0 atom stereocenters. The van der Waals surface area contributed by atoms with Crippen molar-refractivity contribution in [2.75, 3.05) is 4.90 Å². The number of hydrogen-bond acceptors (Lipinski definition) is 5. The SMILES string of the molecule is CC(F)(F)CCc1cc2nc(Cl)nc(N3C4CC5CC3CC(C4)O5)n2n1. The minimum Gasteiger partial charge on any atom is -0.375 e. The number of hydrogen-bond donors (Lipinski definition) is 0. The lowest BCUT2D eigenvalue weighted by molar-refractivity contribution is -0.121. The highest BCUT2D eigenvalue weighted by Crippen LogP contribution is 2.44. The molecule has 0 aromatic carbocycles. The quantitative estimate of drug-likeness (QED) is 0.811. The average Bonchev–Trinajstić information content (AvgIpc) is 2.94. The van der Waals surface area contributed by atoms with Crippen molar-refractivity contribution in [3.63, 3.8) is 0 Å². The largest absolute Gasteiger partial charge is 0.375 e. The van der Waals surface area contributed by atoms with Gasteiger partial charge in [-0.25, -0.2) is 8.78 Å². The van der Waals surface area contributed by atoms with Crippen LogP contribution in [0.2, 0.25) is 5.28 Å². The van der Waals surface area contributed by atoms with E-state index in [0.29, 0.717) is 41.6 Å². The molecule has 9 heteroatoms. The summed E-state index contributed by atoms with van der Waals surface area (Å²) in [6, 6.07) is 2.43. The molecule has 4 aliphatic heterocycles. The second-order valence-corrected chi connectivity index (χ2v) is 8.14. The number of piperidine rings is 2. The third-order valence-electron chi connectivity index (χ3n) is 5.69. The zero-order chi connectivity index (χ0) is 18.1. The van der Waals surface area contributed by atoms with Crippen molar-refractivity contribution in [2.45, 2.75) is 75.7 Å². The molecule has 4 fully saturated rings. The van der Waals surface area contributed by atoms with Gasteiger partial charge in [-0.2, -0.15) is 19.6 Å². The molecule has 4 bridgehead atoms. The Kier molecular flexibility index (Phi) is 3.66. The maximum Gasteiger partial charge on any atom is 0.245 e. The van der Waals surface area contributed by atoms with Gasteiger partial charge in [0, 0.05) is 24.6 Å². The molecule has 6 heterocycles. The predicted octanol–water partition coefficient (Wildman–Crippen LogP) is 3.26. The molecule has 0 spiro atoms. The fourth-order valence-corrected chi connectivity index (χ4v) is 4.87. The van der Waals surface area contributed by atoms with Crippen LogP contribution in [-0.2, 0) is 11.2 Å². The minimum absolute atomic E-state index is 0.157. The Balaban J connectivity index is 1.52. The van der Waals surface area contributed by atoms with Crippen LogP contribution in [0.25, 0.3) is 5.65 Å². The van der Waals surface area contributed by atoms with Crippen LogP contribution in [0.15, 0.2) is 6.07 Å². The van der Waals surface area contributed by atoms with Crippen LogP contribution in [0.1, 0.15) is 44.7 Å². The molecular weight excluding hydrogens is 364 g/mol. The summed E-state index contributed by atoms with van der Waals surface area (Å²) in [5, 5.41) is 4.67. The number of nitrogens with zero attached hydrogens (tertiary/aromatic N) is 5. The zero-order valence-corrected chi connectivity index (χ0v) is 15.2. The number of anilines is 1. The lowest BCUT2D eigenvalue weighted by Gasteiger charge is -2.56. The molecule has 0 radical (unpaired) electrons. The van der Waals surface area contributed by atoms with E-state index >= 15 is 0 Å². The lowest BCUT2D eigenvalue weighted by atomic mass is 9.78. The van der Waals surface area contributed by atoms with Crippen molar-refractivity contribution in [3.05, 3.63) is 17.0 Å². The summed E-state index contributed by atoms with van der Waals surface area (Å²) < 4.78 is 34.1. The second kappa shape index (κ2) is 5.73. The maximum absolute atomic E-state index is 13.2. The number of aromatic nitrogens is 4. The third-order valence-corrected chi connectivity index (χ3v) is 5.86. The lowest BCUT2D eigenvalue weighted by Crippen LogP contribution is -2.63. The van der Waals surface area contributed by atoms with Gasteiger partial charge in [0.2, 0.25) is 17.2 Å². The van der Waals surface area contributed by atoms with Crippen molar-refractivity contribution in [3.8, 4) is 0 Å². The minimum atomic E-state index is -2.72. The second-order valence-electron chi connectivity index (χ2n) is 7.81. The van der Waals surface area contributed by atoms with E-state index < -0.39 is 5.92 Å². The first-order valence-corrected chi connectivity index (χ1v) is 9.47. The topological polar surface area (TPSA) is 55.5 Å². The van der Waals surface area contributed by atoms with Crippen LogP contribution in [0, 0.1) is 0 Å². The van der Waals surface area contributed by atoms with Crippen molar-refractivity contribution in [1.82, 2.24) is 19.6 Å². The first-order valence-electron chi connectivity index (χ1n) is 9.09. The summed E-state index contributed by atoms with van der Waals surface area (Å²) in [5.74, 6) is -2.05. The van der Waals surface area contributed by atoms with Gasteiger partial charge in [-0.1, -0.05) is 0 Å². The summed E-state index contributed by atoms with van der Waals surface area (Å²) >= 11 is 6.16. The Morgan fingerprint density at radius 1 is 1.19 bits per heavy atom. The first kappa shape index (κ1) is 16.6. The Morgan fingerprint density at radius 3 is 2.46 bits per heavy atom. The predicted molar refractivity (Wildman–Crippen MR) is 91.9 cm³/mol. The molecule has 26 heavy (non-hydrogen) atoms. The standard InChI is InChI=1S/C17H20ClF2N5O/c1-17(19,20)3-2-9-4-14-21-15(18)22-16(25(14)23-9)24-10-5-12-7-11(24)8-13(6-10)26-12/h4,10-13H,2-3,5-8H2,1H3. The summed E-state index contributed by atoms with van der Waals surface area (Å²) in [6.07, 6.45) is 4.53. The number of halogens is 3. The summed E-state index contributed by atoms with van der Waals surface area (Å²) in [7, 11) is 0. The van der Waals surface area contributed by atoms with E-state index in [1.807, 2.05) is 0 Å². The molecule has 0 aliphatic carbocycles. The monoisotopic (exact) mass is 383 g/mol. The van der Waals surface area contributed by atoms with E-state index in [-0.39, 0.29) is 18.1 Å². The van der Waals surface area contributed by atoms with Crippen LogP contribution in [0.4, 0.5) is 14.7 Å². The van der Waals surface area contributed by atoms with Gasteiger partial charge in [0.25, 0.3) is 0 Å². The van der Waals surface area contributed by atoms with Crippen LogP contribution in [0.3, 0.4) is 0 Å². The van der Waals surface area contributed by atoms with E-state index in [9.17, 15) is 8.78 Å². The Morgan fingerprint density at radius 2 is 1.85 bits per heavy atom. The van der Waals surface area contributed by atoms with Crippen molar-refractivity contribution in [1.29, 1.82) is 0 Å². The fourth-order valence-electron chi connectivity index (χ4n) is 4.70. The third kappa shape index (κ3) is 2.83. The number of alkyl halides is 2. The van der Waals surface area contributed by atoms with E-state index in [1.54, 1.807) is 10.6 Å². The number of aryl methyl sites for hydroxylation is 1. The molecule has 140 valence electrons. The zero-order valence-electron chi connectivity index (χ0n) is 14.4. The van der Waals surface area contributed by atoms with Crippen LogP contribution in [-0.4, -0.2) is 49.8 Å². The molecule has 0 amide bonds. The van der Waals surface area contributed by atoms with Gasteiger partial charge >= 0.3 is 0 Å². The van der Waals surface area contributed by atoms with Gasteiger partial charge < -0.3 is 9.64 Å². The molecule has 2 aromatic rings. The van der Waals surface area contributed by atoms with Crippen molar-refractivity contribution in [2.24, 2.45) is 0 Å². The van der Waals surface area contributed by atoms with Crippen molar-refractivity contribution >= 4 is 23.2 Å². The van der Waals surface area contributed by atoms with Gasteiger partial charge in [0.05, 0.1) is 17.9 Å². The first-order chi connectivity index (χ1) is 12.4. The molecule has 6 nitrogen and oxygen atoms in total. The number of fused-ring (bicyclic) bond motifs is 1. The normalized spacial score (nSPS) is 30.5. The molecule has 2 aromatic heterocycles. The highest BCUT2D eigenvalue weighted by atomic mass is 35.5. The Hall–Kier alpha value is -1.54. The number of rotatable bonds is 4. The molecule has 4 saturated heterocycles. The molecule has 4 aliphatic rings. The molecule has 0 N–H and O–H groups in total. The van der Waals surface area contributed by atoms with E-state index in [4.69, 9.17) is 16.3 Å². The fraction of sp³-hybridized carbons (Fsp3) is 0.706. The molecule has 0 unspecified atom stereocenters. The van der Waals surface area contributed by atoms with Gasteiger partial charge in [-0.05, 0) is 50.6 Å². The van der Waals surface area contributed by atoms with Gasteiger partial charge in [-0.15, -0.1) is 0 Å². The van der Waals surface area contributed by atoms with Crippen LogP contribution < -0.4 is 4.90 Å². The number of ether oxygens (including phenoxy) is 1. The average molecular weight is 384 g/mol. The van der Waals surface area contributed by atoms with E-state index in [2.05, 4.69) is 20.0 Å². The van der Waals surface area contributed by atoms with E-state index in [0.717, 1.165) is 32.6 Å². The van der Waals surface area contributed by atoms with Crippen molar-refractivity contribution < 1.29 is 13.5 Å². The highest BCUT2D eigenvalue weighted by molar-refractivity contribution is 6.28. The maximum atomic E-state index is 13.2. The Labute approximate surface area is 154 Å². The van der Waals surface area contributed by atoms with Gasteiger partial charge in [-0.3, -0.25) is 0 Å². The Bertz CT molecular complexity index is 824. The molecule has 6 rings (SSSR count). The van der Waals surface area contributed by atoms with Crippen LogP contribution >= 0.6 is 11.6 Å². The van der Waals surface area contributed by atoms with Gasteiger partial charge in [0.15, 0.2) is 5.65 Å². The molecule has 0 saturated carbocycles. The highest BCUT2D eigenvalue weighted by Gasteiger charge is 2.49. The van der Waals surface area contributed by atoms with Crippen LogP contribution in [0.5, 0.6) is 0 Å². The molecular formula is C17H20ClF2N5O. The summed E-state index contributed by atoms with van der Waals surface area (Å²) in [5.41, 5.74) is 1.14. The smallest absolute Gasteiger partial charge is 0.245 e. The summed E-state index contributed by atoms with van der Waals surface area (Å²) in [6.45, 7) is 0.924.